The van der Waals surface area contributed by atoms with Crippen LogP contribution in [-0.2, 0) is 19.9 Å². The van der Waals surface area contributed by atoms with Crippen LogP contribution in [0.2, 0.25) is 0 Å². The maximum atomic E-state index is 13.1. The van der Waals surface area contributed by atoms with E-state index in [1.165, 1.54) is 6.92 Å². The van der Waals surface area contributed by atoms with Crippen molar-refractivity contribution in [1.82, 2.24) is 10.2 Å². The predicted octanol–water partition coefficient (Wildman–Crippen LogP) is 1.82. The van der Waals surface area contributed by atoms with Gasteiger partial charge in [0.1, 0.15) is 25.3 Å². The van der Waals surface area contributed by atoms with Crippen molar-refractivity contribution in [2.45, 2.75) is 19.4 Å². The number of rotatable bonds is 5. The van der Waals surface area contributed by atoms with Crippen molar-refractivity contribution < 1.29 is 28.7 Å². The lowest BCUT2D eigenvalue weighted by Gasteiger charge is -2.25. The number of benzene rings is 2. The van der Waals surface area contributed by atoms with E-state index in [-0.39, 0.29) is 5.91 Å². The molecular formula is C22H22N4O6. The molecule has 0 aliphatic carbocycles. The van der Waals surface area contributed by atoms with E-state index in [2.05, 4.69) is 16.0 Å². The highest BCUT2D eigenvalue weighted by Gasteiger charge is 2.49. The Balaban J connectivity index is 1.44. The zero-order valence-corrected chi connectivity index (χ0v) is 17.6. The smallest absolute Gasteiger partial charge is 0.325 e. The first-order valence-electron chi connectivity index (χ1n) is 9.98. The summed E-state index contributed by atoms with van der Waals surface area (Å²) >= 11 is 0. The van der Waals surface area contributed by atoms with E-state index >= 15 is 0 Å². The molecule has 1 saturated heterocycles. The summed E-state index contributed by atoms with van der Waals surface area (Å²) in [5.41, 5.74) is 0.231. The SMILES string of the molecule is CC(=O)Nc1ccc(NC(=O)CN2C(=O)N[C@@](C)(c3ccc4c(c3)OCCO4)C2=O)cc1. The molecule has 166 valence electrons. The summed E-state index contributed by atoms with van der Waals surface area (Å²) in [7, 11) is 0. The van der Waals surface area contributed by atoms with E-state index in [4.69, 9.17) is 9.47 Å². The van der Waals surface area contributed by atoms with Crippen molar-refractivity contribution in [2.24, 2.45) is 0 Å². The van der Waals surface area contributed by atoms with E-state index in [0.717, 1.165) is 4.90 Å². The first-order valence-corrected chi connectivity index (χ1v) is 9.98. The summed E-state index contributed by atoms with van der Waals surface area (Å²) in [6, 6.07) is 10.8. The molecule has 2 aliphatic rings. The van der Waals surface area contributed by atoms with Gasteiger partial charge in [0.2, 0.25) is 11.8 Å². The number of carbonyl (C=O) groups excluding carboxylic acids is 4. The Labute approximate surface area is 183 Å². The number of amides is 5. The maximum absolute atomic E-state index is 13.1. The average molecular weight is 438 g/mol. The number of anilines is 2. The Bertz CT molecular complexity index is 1100. The molecule has 10 nitrogen and oxygen atoms in total. The molecule has 2 aromatic rings. The minimum atomic E-state index is -1.34. The molecule has 1 fully saturated rings. The number of nitrogens with one attached hydrogen (secondary N) is 3. The summed E-state index contributed by atoms with van der Waals surface area (Å²) in [5.74, 6) is -0.221. The van der Waals surface area contributed by atoms with Crippen LogP contribution in [0, 0.1) is 0 Å². The van der Waals surface area contributed by atoms with E-state index in [9.17, 15) is 19.2 Å². The molecule has 2 aliphatic heterocycles. The summed E-state index contributed by atoms with van der Waals surface area (Å²) in [5, 5.41) is 7.93. The quantitative estimate of drug-likeness (QED) is 0.612. The number of fused-ring (bicyclic) bond motifs is 1. The van der Waals surface area contributed by atoms with Gasteiger partial charge < -0.3 is 25.4 Å². The fraction of sp³-hybridized carbons (Fsp3) is 0.273. The Kier molecular flexibility index (Phi) is 5.43. The number of carbonyl (C=O) groups is 4. The third-order valence-corrected chi connectivity index (χ3v) is 5.19. The molecule has 0 radical (unpaired) electrons. The predicted molar refractivity (Wildman–Crippen MR) is 114 cm³/mol. The van der Waals surface area contributed by atoms with Crippen LogP contribution in [-0.4, -0.2) is 48.4 Å². The molecule has 0 spiro atoms. The second-order valence-corrected chi connectivity index (χ2v) is 7.61. The van der Waals surface area contributed by atoms with Gasteiger partial charge in [0.05, 0.1) is 0 Å². The fourth-order valence-electron chi connectivity index (χ4n) is 3.57. The molecule has 2 heterocycles. The van der Waals surface area contributed by atoms with Crippen molar-refractivity contribution in [3.8, 4) is 11.5 Å². The number of nitrogens with zero attached hydrogens (tertiary/aromatic N) is 1. The number of urea groups is 1. The van der Waals surface area contributed by atoms with Gasteiger partial charge in [0.15, 0.2) is 11.5 Å². The molecule has 0 unspecified atom stereocenters. The normalized spacial score (nSPS) is 19.4. The lowest BCUT2D eigenvalue weighted by Crippen LogP contribution is -2.42. The second kappa shape index (κ2) is 8.22. The van der Waals surface area contributed by atoms with Crippen LogP contribution in [0.1, 0.15) is 19.4 Å². The number of ether oxygens (including phenoxy) is 2. The van der Waals surface area contributed by atoms with Gasteiger partial charge in [-0.05, 0) is 48.9 Å². The van der Waals surface area contributed by atoms with Crippen molar-refractivity contribution in [2.75, 3.05) is 30.4 Å². The van der Waals surface area contributed by atoms with Gasteiger partial charge in [-0.2, -0.15) is 0 Å². The van der Waals surface area contributed by atoms with Crippen LogP contribution in [0.5, 0.6) is 11.5 Å². The van der Waals surface area contributed by atoms with E-state index in [1.807, 2.05) is 0 Å². The van der Waals surface area contributed by atoms with E-state index in [1.54, 1.807) is 49.4 Å². The summed E-state index contributed by atoms with van der Waals surface area (Å²) < 4.78 is 11.1. The first-order chi connectivity index (χ1) is 15.3. The summed E-state index contributed by atoms with van der Waals surface area (Å²) in [6.07, 6.45) is 0. The Morgan fingerprint density at radius 3 is 2.28 bits per heavy atom. The van der Waals surface area contributed by atoms with Gasteiger partial charge in [0.25, 0.3) is 5.91 Å². The highest BCUT2D eigenvalue weighted by Crippen LogP contribution is 2.36. The third-order valence-electron chi connectivity index (χ3n) is 5.19. The van der Waals surface area contributed by atoms with Crippen LogP contribution in [0.4, 0.5) is 16.2 Å². The Morgan fingerprint density at radius 1 is 1.00 bits per heavy atom. The number of hydrogen-bond donors (Lipinski definition) is 3. The lowest BCUT2D eigenvalue weighted by atomic mass is 9.91. The van der Waals surface area contributed by atoms with Crippen LogP contribution in [0.3, 0.4) is 0 Å². The average Bonchev–Trinajstić information content (AvgIpc) is 2.98. The molecule has 5 amide bonds. The van der Waals surface area contributed by atoms with Crippen molar-refractivity contribution in [3.05, 3.63) is 48.0 Å². The molecule has 4 rings (SSSR count). The van der Waals surface area contributed by atoms with Gasteiger partial charge >= 0.3 is 6.03 Å². The van der Waals surface area contributed by atoms with Gasteiger partial charge in [-0.1, -0.05) is 6.07 Å². The molecule has 0 saturated carbocycles. The number of imide groups is 1. The Hall–Kier alpha value is -4.08. The lowest BCUT2D eigenvalue weighted by molar-refractivity contribution is -0.133. The van der Waals surface area contributed by atoms with Crippen LogP contribution >= 0.6 is 0 Å². The molecular weight excluding hydrogens is 416 g/mol. The van der Waals surface area contributed by atoms with Crippen LogP contribution < -0.4 is 25.4 Å². The first kappa shape index (κ1) is 21.2. The van der Waals surface area contributed by atoms with Gasteiger partial charge in [-0.15, -0.1) is 0 Å². The highest BCUT2D eigenvalue weighted by atomic mass is 16.6. The highest BCUT2D eigenvalue weighted by molar-refractivity contribution is 6.10. The molecule has 0 aromatic heterocycles. The zero-order chi connectivity index (χ0) is 22.9. The topological polar surface area (TPSA) is 126 Å². The monoisotopic (exact) mass is 438 g/mol. The van der Waals surface area contributed by atoms with E-state index in [0.29, 0.717) is 41.7 Å². The minimum absolute atomic E-state index is 0.207. The molecule has 2 aromatic carbocycles. The van der Waals surface area contributed by atoms with Gasteiger partial charge in [0, 0.05) is 18.3 Å². The molecule has 1 atom stereocenters. The van der Waals surface area contributed by atoms with Gasteiger partial charge in [-0.3, -0.25) is 19.3 Å². The summed E-state index contributed by atoms with van der Waals surface area (Å²) in [6.45, 7) is 3.37. The van der Waals surface area contributed by atoms with Crippen molar-refractivity contribution >= 4 is 35.1 Å². The molecule has 32 heavy (non-hydrogen) atoms. The summed E-state index contributed by atoms with van der Waals surface area (Å²) in [4.78, 5) is 50.0. The zero-order valence-electron chi connectivity index (χ0n) is 17.6. The van der Waals surface area contributed by atoms with Gasteiger partial charge in [-0.25, -0.2) is 4.79 Å². The standard InChI is InChI=1S/C22H22N4O6/c1-13(27)23-15-4-6-16(7-5-15)24-19(28)12-26-20(29)22(2,25-21(26)30)14-3-8-17-18(11-14)32-10-9-31-17/h3-8,11H,9-10,12H2,1-2H3,(H,23,27)(H,24,28)(H,25,30)/t22-/m0/s1. The number of hydrogen-bond acceptors (Lipinski definition) is 6. The molecule has 10 heteroatoms. The van der Waals surface area contributed by atoms with Crippen LogP contribution in [0.25, 0.3) is 0 Å². The molecule has 3 N–H and O–H groups in total. The third kappa shape index (κ3) is 4.07. The van der Waals surface area contributed by atoms with E-state index < -0.39 is 29.9 Å². The Morgan fingerprint density at radius 2 is 1.62 bits per heavy atom. The van der Waals surface area contributed by atoms with Crippen LogP contribution in [0.15, 0.2) is 42.5 Å². The molecule has 0 bridgehead atoms. The maximum Gasteiger partial charge on any atom is 0.325 e. The fourth-order valence-corrected chi connectivity index (χ4v) is 3.57. The van der Waals surface area contributed by atoms with Crippen molar-refractivity contribution in [3.63, 3.8) is 0 Å². The van der Waals surface area contributed by atoms with Crippen molar-refractivity contribution in [1.29, 1.82) is 0 Å². The second-order valence-electron chi connectivity index (χ2n) is 7.61. The minimum Gasteiger partial charge on any atom is -0.486 e. The largest absolute Gasteiger partial charge is 0.486 e.